The molecule has 0 atom stereocenters. The van der Waals surface area contributed by atoms with Gasteiger partial charge in [0.05, 0.1) is 3.79 Å². The summed E-state index contributed by atoms with van der Waals surface area (Å²) < 4.78 is 1.91. The third kappa shape index (κ3) is 2.81. The van der Waals surface area contributed by atoms with Gasteiger partial charge in [-0.05, 0) is 34.1 Å². The molecule has 0 unspecified atom stereocenters. The summed E-state index contributed by atoms with van der Waals surface area (Å²) in [5.41, 5.74) is 0.743. The Balaban J connectivity index is 2.18. The Kier molecular flexibility index (Phi) is 3.95. The van der Waals surface area contributed by atoms with Gasteiger partial charge in [-0.2, -0.15) is 0 Å². The first-order valence-electron chi connectivity index (χ1n) is 4.69. The van der Waals surface area contributed by atoms with Crippen LogP contribution in [0.3, 0.4) is 0 Å². The quantitative estimate of drug-likeness (QED) is 0.726. The van der Waals surface area contributed by atoms with Gasteiger partial charge in [0.15, 0.2) is 5.78 Å². The summed E-state index contributed by atoms with van der Waals surface area (Å²) in [4.78, 5) is 13.1. The summed E-state index contributed by atoms with van der Waals surface area (Å²) in [6, 6.07) is 11.5. The van der Waals surface area contributed by atoms with E-state index < -0.39 is 0 Å². The molecule has 0 aliphatic heterocycles. The fraction of sp³-hybridized carbons (Fsp3) is 0.0833. The third-order valence-electron chi connectivity index (χ3n) is 2.14. The zero-order valence-corrected chi connectivity index (χ0v) is 12.2. The van der Waals surface area contributed by atoms with Gasteiger partial charge >= 0.3 is 0 Å². The van der Waals surface area contributed by atoms with E-state index in [1.807, 2.05) is 36.4 Å². The largest absolute Gasteiger partial charge is 0.294 e. The van der Waals surface area contributed by atoms with E-state index in [1.54, 1.807) is 11.3 Å². The second kappa shape index (κ2) is 5.25. The molecule has 0 aliphatic rings. The Morgan fingerprint density at radius 2 is 1.88 bits per heavy atom. The van der Waals surface area contributed by atoms with Crippen LogP contribution in [0.1, 0.15) is 15.2 Å². The molecule has 0 spiro atoms. The van der Waals surface area contributed by atoms with E-state index in [-0.39, 0.29) is 5.78 Å². The molecule has 0 N–H and O–H groups in total. The fourth-order valence-electron chi connectivity index (χ4n) is 1.39. The highest BCUT2D eigenvalue weighted by atomic mass is 79.9. The molecule has 0 amide bonds. The maximum absolute atomic E-state index is 12.0. The molecular formula is C12H8Br2OS. The summed E-state index contributed by atoms with van der Waals surface area (Å²) in [7, 11) is 0. The molecule has 0 saturated heterocycles. The van der Waals surface area contributed by atoms with Gasteiger partial charge in [-0.25, -0.2) is 0 Å². The molecule has 82 valence electrons. The Morgan fingerprint density at radius 1 is 1.12 bits per heavy atom. The Bertz CT molecular complexity index is 519. The topological polar surface area (TPSA) is 17.1 Å². The van der Waals surface area contributed by atoms with Crippen molar-refractivity contribution in [1.29, 1.82) is 0 Å². The van der Waals surface area contributed by atoms with Crippen LogP contribution in [-0.2, 0) is 6.42 Å². The highest BCUT2D eigenvalue weighted by Gasteiger charge is 2.11. The molecule has 1 heterocycles. The van der Waals surface area contributed by atoms with Crippen LogP contribution in [0, 0.1) is 0 Å². The van der Waals surface area contributed by atoms with E-state index in [1.165, 1.54) is 0 Å². The van der Waals surface area contributed by atoms with Crippen molar-refractivity contribution < 1.29 is 4.79 Å². The van der Waals surface area contributed by atoms with Crippen molar-refractivity contribution in [2.75, 3.05) is 0 Å². The van der Waals surface area contributed by atoms with Gasteiger partial charge in [-0.15, -0.1) is 11.3 Å². The van der Waals surface area contributed by atoms with Crippen molar-refractivity contribution in [3.63, 3.8) is 0 Å². The molecule has 2 aromatic rings. The number of hydrogen-bond donors (Lipinski definition) is 0. The number of thiophene rings is 1. The van der Waals surface area contributed by atoms with E-state index in [2.05, 4.69) is 31.9 Å². The molecule has 2 rings (SSSR count). The minimum atomic E-state index is 0.141. The first-order chi connectivity index (χ1) is 7.66. The van der Waals surface area contributed by atoms with Crippen LogP contribution in [0.15, 0.2) is 44.7 Å². The van der Waals surface area contributed by atoms with Crippen LogP contribution in [0.4, 0.5) is 0 Å². The second-order valence-corrected chi connectivity index (χ2v) is 6.69. The number of halogens is 2. The van der Waals surface area contributed by atoms with Crippen molar-refractivity contribution in [1.82, 2.24) is 0 Å². The average molecular weight is 360 g/mol. The van der Waals surface area contributed by atoms with Gasteiger partial charge in [0.2, 0.25) is 0 Å². The first-order valence-corrected chi connectivity index (χ1v) is 7.09. The smallest absolute Gasteiger partial charge is 0.169 e. The Labute approximate surface area is 115 Å². The number of ketones is 1. The zero-order chi connectivity index (χ0) is 11.5. The normalized spacial score (nSPS) is 10.4. The Morgan fingerprint density at radius 3 is 2.50 bits per heavy atom. The lowest BCUT2D eigenvalue weighted by atomic mass is 10.1. The maximum Gasteiger partial charge on any atom is 0.169 e. The van der Waals surface area contributed by atoms with Crippen LogP contribution in [0.25, 0.3) is 0 Å². The van der Waals surface area contributed by atoms with Crippen LogP contribution in [0.2, 0.25) is 0 Å². The fourth-order valence-corrected chi connectivity index (χ4v) is 3.38. The molecule has 0 fully saturated rings. The molecule has 0 saturated carbocycles. The SMILES string of the molecule is O=C(Cc1ccc(Br)s1)c1ccccc1Br. The Hall–Kier alpha value is -0.450. The average Bonchev–Trinajstić information content (AvgIpc) is 2.64. The van der Waals surface area contributed by atoms with Crippen molar-refractivity contribution in [3.8, 4) is 0 Å². The van der Waals surface area contributed by atoms with E-state index in [0.29, 0.717) is 6.42 Å². The van der Waals surface area contributed by atoms with Gasteiger partial charge < -0.3 is 0 Å². The van der Waals surface area contributed by atoms with Crippen molar-refractivity contribution in [2.45, 2.75) is 6.42 Å². The summed E-state index contributed by atoms with van der Waals surface area (Å²) in [6.07, 6.45) is 0.457. The van der Waals surface area contributed by atoms with Crippen LogP contribution in [-0.4, -0.2) is 5.78 Å². The van der Waals surface area contributed by atoms with Crippen LogP contribution < -0.4 is 0 Å². The molecule has 0 aliphatic carbocycles. The van der Waals surface area contributed by atoms with Gasteiger partial charge in [0.1, 0.15) is 0 Å². The molecule has 1 aromatic heterocycles. The summed E-state index contributed by atoms with van der Waals surface area (Å²) in [5, 5.41) is 0. The molecule has 1 aromatic carbocycles. The number of rotatable bonds is 3. The monoisotopic (exact) mass is 358 g/mol. The van der Waals surface area contributed by atoms with Crippen molar-refractivity contribution in [2.24, 2.45) is 0 Å². The van der Waals surface area contributed by atoms with Gasteiger partial charge in [0.25, 0.3) is 0 Å². The standard InChI is InChI=1S/C12H8Br2OS/c13-10-4-2-1-3-9(10)11(15)7-8-5-6-12(14)16-8/h1-6H,7H2. The highest BCUT2D eigenvalue weighted by molar-refractivity contribution is 9.11. The summed E-state index contributed by atoms with van der Waals surface area (Å²) >= 11 is 8.38. The lowest BCUT2D eigenvalue weighted by Crippen LogP contribution is -2.02. The number of carbonyl (C=O) groups excluding carboxylic acids is 1. The van der Waals surface area contributed by atoms with E-state index in [9.17, 15) is 4.79 Å². The van der Waals surface area contributed by atoms with Crippen LogP contribution >= 0.6 is 43.2 Å². The first kappa shape index (κ1) is 12.0. The molecule has 16 heavy (non-hydrogen) atoms. The van der Waals surface area contributed by atoms with Gasteiger partial charge in [-0.3, -0.25) is 4.79 Å². The van der Waals surface area contributed by atoms with E-state index >= 15 is 0 Å². The predicted molar refractivity (Wildman–Crippen MR) is 74.2 cm³/mol. The number of hydrogen-bond acceptors (Lipinski definition) is 2. The molecule has 4 heteroatoms. The third-order valence-corrected chi connectivity index (χ3v) is 4.45. The lowest BCUT2D eigenvalue weighted by molar-refractivity contribution is 0.0993. The summed E-state index contributed by atoms with van der Waals surface area (Å²) in [6.45, 7) is 0. The number of carbonyl (C=O) groups is 1. The maximum atomic E-state index is 12.0. The molecule has 0 bridgehead atoms. The second-order valence-electron chi connectivity index (χ2n) is 3.29. The van der Waals surface area contributed by atoms with E-state index in [0.717, 1.165) is 18.7 Å². The molecule has 1 nitrogen and oxygen atoms in total. The van der Waals surface area contributed by atoms with Gasteiger partial charge in [-0.1, -0.05) is 34.1 Å². The van der Waals surface area contributed by atoms with Crippen molar-refractivity contribution in [3.05, 3.63) is 55.1 Å². The summed E-state index contributed by atoms with van der Waals surface area (Å²) in [5.74, 6) is 0.141. The van der Waals surface area contributed by atoms with Crippen molar-refractivity contribution >= 4 is 49.0 Å². The van der Waals surface area contributed by atoms with Gasteiger partial charge in [0, 0.05) is 21.3 Å². The minimum absolute atomic E-state index is 0.141. The highest BCUT2D eigenvalue weighted by Crippen LogP contribution is 2.24. The minimum Gasteiger partial charge on any atom is -0.294 e. The number of benzene rings is 1. The van der Waals surface area contributed by atoms with E-state index in [4.69, 9.17) is 0 Å². The predicted octanol–water partition coefficient (Wildman–Crippen LogP) is 4.70. The van der Waals surface area contributed by atoms with Crippen LogP contribution in [0.5, 0.6) is 0 Å². The zero-order valence-electron chi connectivity index (χ0n) is 8.24. The number of Topliss-reactive ketones (excluding diaryl/α,β-unsaturated/α-hetero) is 1. The molecule has 0 radical (unpaired) electrons. The molecular weight excluding hydrogens is 352 g/mol. The lowest BCUT2D eigenvalue weighted by Gasteiger charge is -2.01.